The summed E-state index contributed by atoms with van der Waals surface area (Å²) >= 11 is 0. The molecule has 0 saturated carbocycles. The summed E-state index contributed by atoms with van der Waals surface area (Å²) in [7, 11) is 4.76. The van der Waals surface area contributed by atoms with Crippen LogP contribution in [0.2, 0.25) is 0 Å². The van der Waals surface area contributed by atoms with E-state index in [1.165, 1.54) is 7.11 Å². The van der Waals surface area contributed by atoms with Crippen molar-refractivity contribution >= 4 is 5.78 Å². The molecule has 4 aromatic rings. The van der Waals surface area contributed by atoms with Crippen molar-refractivity contribution in [3.8, 4) is 23.0 Å². The molecule has 0 bridgehead atoms. The van der Waals surface area contributed by atoms with Crippen LogP contribution in [0.25, 0.3) is 0 Å². The van der Waals surface area contributed by atoms with Crippen molar-refractivity contribution in [2.75, 3.05) is 27.9 Å². The number of methoxy groups -OCH3 is 3. The van der Waals surface area contributed by atoms with Gasteiger partial charge in [-0.25, -0.2) is 0 Å². The highest BCUT2D eigenvalue weighted by Gasteiger charge is 2.50. The van der Waals surface area contributed by atoms with Gasteiger partial charge in [0, 0.05) is 29.4 Å². The molecule has 0 aromatic heterocycles. The van der Waals surface area contributed by atoms with Gasteiger partial charge >= 0.3 is 0 Å². The van der Waals surface area contributed by atoms with Crippen LogP contribution in [0.1, 0.15) is 38.5 Å². The van der Waals surface area contributed by atoms with E-state index in [0.717, 1.165) is 16.7 Å². The van der Waals surface area contributed by atoms with Gasteiger partial charge in [0.2, 0.25) is 0 Å². The molecule has 0 aliphatic heterocycles. The van der Waals surface area contributed by atoms with E-state index in [1.54, 1.807) is 26.4 Å². The highest BCUT2D eigenvalue weighted by atomic mass is 16.5. The molecule has 1 aliphatic carbocycles. The summed E-state index contributed by atoms with van der Waals surface area (Å²) in [5.41, 5.74) is 2.40. The minimum absolute atomic E-state index is 0.0294. The number of ketones is 1. The number of rotatable bonds is 8. The molecule has 0 fully saturated rings. The van der Waals surface area contributed by atoms with Crippen LogP contribution >= 0.6 is 0 Å². The summed E-state index contributed by atoms with van der Waals surface area (Å²) in [5, 5.41) is 10.3. The van der Waals surface area contributed by atoms with E-state index in [2.05, 4.69) is 0 Å². The number of phenols is 1. The molecule has 6 heteroatoms. The molecule has 0 spiro atoms. The topological polar surface area (TPSA) is 74.2 Å². The molecule has 1 aliphatic rings. The van der Waals surface area contributed by atoms with Crippen molar-refractivity contribution in [1.29, 1.82) is 0 Å². The number of phenolic OH excluding ortho intramolecular Hbond substituents is 1. The average Bonchev–Trinajstić information content (AvgIpc) is 2.95. The molecule has 0 unspecified atom stereocenters. The maximum absolute atomic E-state index is 13.5. The van der Waals surface area contributed by atoms with Gasteiger partial charge in [0.05, 0.1) is 26.7 Å². The van der Waals surface area contributed by atoms with Crippen LogP contribution in [0, 0.1) is 0 Å². The van der Waals surface area contributed by atoms with Crippen molar-refractivity contribution in [3.05, 3.63) is 119 Å². The molecular formula is C31H28O6. The molecule has 6 nitrogen and oxygen atoms in total. The number of ether oxygens (including phenoxy) is 4. The first-order valence-electron chi connectivity index (χ1n) is 12.0. The lowest BCUT2D eigenvalue weighted by atomic mass is 9.66. The van der Waals surface area contributed by atoms with Crippen LogP contribution in [0.4, 0.5) is 0 Å². The Morgan fingerprint density at radius 1 is 0.730 bits per heavy atom. The van der Waals surface area contributed by atoms with E-state index in [1.807, 2.05) is 78.9 Å². The monoisotopic (exact) mass is 496 g/mol. The zero-order chi connectivity index (χ0) is 26.0. The second-order valence-corrected chi connectivity index (χ2v) is 8.81. The second kappa shape index (κ2) is 9.99. The van der Waals surface area contributed by atoms with Crippen LogP contribution in [0.15, 0.2) is 91.0 Å². The van der Waals surface area contributed by atoms with E-state index < -0.39 is 11.5 Å². The normalized spacial score (nSPS) is 14.3. The molecule has 37 heavy (non-hydrogen) atoms. The Morgan fingerprint density at radius 2 is 1.30 bits per heavy atom. The number of benzene rings is 4. The predicted molar refractivity (Wildman–Crippen MR) is 140 cm³/mol. The van der Waals surface area contributed by atoms with E-state index in [9.17, 15) is 9.90 Å². The average molecular weight is 497 g/mol. The Morgan fingerprint density at radius 3 is 1.89 bits per heavy atom. The Bertz CT molecular complexity index is 1390. The van der Waals surface area contributed by atoms with Crippen molar-refractivity contribution in [2.45, 2.75) is 11.5 Å². The van der Waals surface area contributed by atoms with E-state index in [-0.39, 0.29) is 18.1 Å². The van der Waals surface area contributed by atoms with Gasteiger partial charge in [-0.15, -0.1) is 0 Å². The van der Waals surface area contributed by atoms with Crippen LogP contribution < -0.4 is 14.2 Å². The van der Waals surface area contributed by atoms with Crippen molar-refractivity contribution in [3.63, 3.8) is 0 Å². The third-order valence-corrected chi connectivity index (χ3v) is 7.04. The summed E-state index contributed by atoms with van der Waals surface area (Å²) in [5.74, 6) is 1.05. The number of fused-ring (bicyclic) bond motifs is 2. The molecular weight excluding hydrogens is 468 g/mol. The first kappa shape index (κ1) is 24.4. The molecule has 188 valence electrons. The van der Waals surface area contributed by atoms with Crippen molar-refractivity contribution in [2.24, 2.45) is 0 Å². The SMILES string of the molecule is COc1cc([C@@H](COc2ccccc2OC)C2(OC)c3ccccc3C(=O)c3ccccc32)ccc1O. The molecule has 5 rings (SSSR count). The number of carbonyl (C=O) groups is 1. The zero-order valence-corrected chi connectivity index (χ0v) is 20.9. The lowest BCUT2D eigenvalue weighted by Crippen LogP contribution is -2.44. The number of carbonyl (C=O) groups excluding carboxylic acids is 1. The fourth-order valence-corrected chi connectivity index (χ4v) is 5.31. The van der Waals surface area contributed by atoms with Gasteiger partial charge in [0.1, 0.15) is 5.60 Å². The van der Waals surface area contributed by atoms with Crippen molar-refractivity contribution < 1.29 is 28.8 Å². The van der Waals surface area contributed by atoms with Gasteiger partial charge in [-0.1, -0.05) is 66.7 Å². The van der Waals surface area contributed by atoms with Crippen molar-refractivity contribution in [1.82, 2.24) is 0 Å². The van der Waals surface area contributed by atoms with Crippen LogP contribution in [-0.4, -0.2) is 38.8 Å². The summed E-state index contributed by atoms with van der Waals surface area (Å²) in [6.45, 7) is 0.180. The smallest absolute Gasteiger partial charge is 0.193 e. The van der Waals surface area contributed by atoms with E-state index >= 15 is 0 Å². The van der Waals surface area contributed by atoms with E-state index in [0.29, 0.717) is 28.4 Å². The fraction of sp³-hybridized carbons (Fsp3) is 0.194. The first-order valence-corrected chi connectivity index (χ1v) is 12.0. The number of hydrogen-bond donors (Lipinski definition) is 1. The number of para-hydroxylation sites is 2. The fourth-order valence-electron chi connectivity index (χ4n) is 5.31. The Balaban J connectivity index is 1.75. The summed E-state index contributed by atoms with van der Waals surface area (Å²) in [4.78, 5) is 13.5. The first-order chi connectivity index (χ1) is 18.0. The lowest BCUT2D eigenvalue weighted by Gasteiger charge is -2.44. The van der Waals surface area contributed by atoms with Gasteiger partial charge in [-0.2, -0.15) is 0 Å². The van der Waals surface area contributed by atoms with Gasteiger partial charge in [0.25, 0.3) is 0 Å². The molecule has 0 heterocycles. The highest BCUT2D eigenvalue weighted by molar-refractivity contribution is 6.13. The van der Waals surface area contributed by atoms with Gasteiger partial charge in [-0.3, -0.25) is 4.79 Å². The standard InChI is InChI=1S/C31H28O6/c1-34-27-14-8-9-15-28(27)37-19-25(20-16-17-26(32)29(18-20)35-2)31(36-3)23-12-6-4-10-21(23)30(33)22-11-5-7-13-24(22)31/h4-18,25,32H,19H2,1-3H3/t25-/m1/s1. The predicted octanol–water partition coefficient (Wildman–Crippen LogP) is 5.71. The Kier molecular flexibility index (Phi) is 6.59. The van der Waals surface area contributed by atoms with Gasteiger partial charge in [-0.05, 0) is 29.8 Å². The van der Waals surface area contributed by atoms with Crippen LogP contribution in [-0.2, 0) is 10.3 Å². The molecule has 4 aromatic carbocycles. The Labute approximate surface area is 216 Å². The molecule has 1 N–H and O–H groups in total. The molecule has 0 amide bonds. The molecule has 1 atom stereocenters. The van der Waals surface area contributed by atoms with Gasteiger partial charge in [0.15, 0.2) is 28.8 Å². The third-order valence-electron chi connectivity index (χ3n) is 7.04. The van der Waals surface area contributed by atoms with E-state index in [4.69, 9.17) is 18.9 Å². The van der Waals surface area contributed by atoms with Crippen LogP contribution in [0.3, 0.4) is 0 Å². The van der Waals surface area contributed by atoms with Crippen LogP contribution in [0.5, 0.6) is 23.0 Å². The van der Waals surface area contributed by atoms with Gasteiger partial charge < -0.3 is 24.1 Å². The largest absolute Gasteiger partial charge is 0.504 e. The minimum atomic E-state index is -1.08. The maximum Gasteiger partial charge on any atom is 0.193 e. The molecule has 0 saturated heterocycles. The minimum Gasteiger partial charge on any atom is -0.504 e. The zero-order valence-electron chi connectivity index (χ0n) is 20.9. The highest BCUT2D eigenvalue weighted by Crippen LogP contribution is 2.51. The number of hydrogen-bond acceptors (Lipinski definition) is 6. The summed E-state index contributed by atoms with van der Waals surface area (Å²) in [6, 6.07) is 27.7. The Hall–Kier alpha value is -4.29. The summed E-state index contributed by atoms with van der Waals surface area (Å²) < 4.78 is 23.8. The lowest BCUT2D eigenvalue weighted by molar-refractivity contribution is -0.0178. The quantitative estimate of drug-likeness (QED) is 0.337. The third kappa shape index (κ3) is 3.99. The summed E-state index contributed by atoms with van der Waals surface area (Å²) in [6.07, 6.45) is 0. The molecule has 0 radical (unpaired) electrons. The number of aromatic hydroxyl groups is 1. The maximum atomic E-state index is 13.5. The second-order valence-electron chi connectivity index (χ2n) is 8.81.